The van der Waals surface area contributed by atoms with Crippen LogP contribution < -0.4 is 5.32 Å². The number of hydrogen-bond donors (Lipinski definition) is 1. The van der Waals surface area contributed by atoms with Crippen molar-refractivity contribution in [3.05, 3.63) is 68.4 Å². The molecule has 0 saturated heterocycles. The molecule has 126 valence electrons. The van der Waals surface area contributed by atoms with Gasteiger partial charge >= 0.3 is 0 Å². The molecule has 1 atom stereocenters. The Morgan fingerprint density at radius 3 is 2.75 bits per heavy atom. The predicted octanol–water partition coefficient (Wildman–Crippen LogP) is 3.09. The van der Waals surface area contributed by atoms with Crippen LogP contribution in [0.25, 0.3) is 6.08 Å². The fourth-order valence-corrected chi connectivity index (χ4v) is 2.99. The molecule has 7 heteroatoms. The fourth-order valence-electron chi connectivity index (χ4n) is 2.28. The number of nitrogens with zero attached hydrogens (tertiary/aromatic N) is 2. The van der Waals surface area contributed by atoms with Gasteiger partial charge in [-0.05, 0) is 48.6 Å². The lowest BCUT2D eigenvalue weighted by Gasteiger charge is -2.23. The first-order valence-electron chi connectivity index (χ1n) is 7.37. The van der Waals surface area contributed by atoms with E-state index in [9.17, 15) is 14.9 Å². The lowest BCUT2D eigenvalue weighted by Crippen LogP contribution is -2.33. The summed E-state index contributed by atoms with van der Waals surface area (Å²) < 4.78 is 0. The van der Waals surface area contributed by atoms with Crippen LogP contribution in [-0.2, 0) is 4.79 Å². The first kappa shape index (κ1) is 17.8. The second-order valence-electron chi connectivity index (χ2n) is 5.43. The molecule has 0 spiro atoms. The molecule has 0 aliphatic heterocycles. The van der Waals surface area contributed by atoms with E-state index in [2.05, 4.69) is 10.7 Å². The van der Waals surface area contributed by atoms with Crippen LogP contribution in [0.5, 0.6) is 0 Å². The van der Waals surface area contributed by atoms with Gasteiger partial charge in [-0.25, -0.2) is 0 Å². The van der Waals surface area contributed by atoms with E-state index in [0.29, 0.717) is 12.1 Å². The number of para-hydroxylation sites is 1. The Labute approximate surface area is 144 Å². The molecule has 0 bridgehead atoms. The minimum atomic E-state index is -0.462. The molecule has 1 aromatic carbocycles. The van der Waals surface area contributed by atoms with E-state index in [-0.39, 0.29) is 17.6 Å². The molecule has 24 heavy (non-hydrogen) atoms. The van der Waals surface area contributed by atoms with E-state index < -0.39 is 4.92 Å². The molecule has 0 radical (unpaired) electrons. The summed E-state index contributed by atoms with van der Waals surface area (Å²) in [6.45, 7) is 0.462. The second kappa shape index (κ2) is 8.37. The summed E-state index contributed by atoms with van der Waals surface area (Å²) in [7, 11) is 3.91. The lowest BCUT2D eigenvalue weighted by atomic mass is 10.1. The Bertz CT molecular complexity index is 726. The highest BCUT2D eigenvalue weighted by molar-refractivity contribution is 7.07. The minimum Gasteiger partial charge on any atom is -0.351 e. The standard InChI is InChI=1S/C17H19N3O3S/c1-19(2)16(14-9-10-24-12-14)11-18-17(21)8-7-13-5-3-4-6-15(13)20(22)23/h3-10,12,16H,11H2,1-2H3,(H,18,21)/b8-7+. The van der Waals surface area contributed by atoms with Crippen molar-refractivity contribution >= 4 is 29.0 Å². The van der Waals surface area contributed by atoms with Gasteiger partial charge in [0.2, 0.25) is 5.91 Å². The van der Waals surface area contributed by atoms with Crippen LogP contribution in [0.2, 0.25) is 0 Å². The number of nitro groups is 1. The summed E-state index contributed by atoms with van der Waals surface area (Å²) in [4.78, 5) is 24.5. The molecular weight excluding hydrogens is 326 g/mol. The van der Waals surface area contributed by atoms with Crippen molar-refractivity contribution in [2.45, 2.75) is 6.04 Å². The smallest absolute Gasteiger partial charge is 0.276 e. The van der Waals surface area contributed by atoms with Crippen molar-refractivity contribution in [2.75, 3.05) is 20.6 Å². The van der Waals surface area contributed by atoms with Crippen LogP contribution in [0.15, 0.2) is 47.2 Å². The minimum absolute atomic E-state index is 0.0222. The molecule has 2 aromatic rings. The van der Waals surface area contributed by atoms with Gasteiger partial charge in [0.1, 0.15) is 0 Å². The van der Waals surface area contributed by atoms with Crippen molar-refractivity contribution in [2.24, 2.45) is 0 Å². The summed E-state index contributed by atoms with van der Waals surface area (Å²) in [6, 6.07) is 8.43. The van der Waals surface area contributed by atoms with Crippen molar-refractivity contribution in [3.8, 4) is 0 Å². The van der Waals surface area contributed by atoms with Crippen LogP contribution in [0, 0.1) is 10.1 Å². The molecule has 0 aliphatic rings. The number of hydrogen-bond acceptors (Lipinski definition) is 5. The van der Waals surface area contributed by atoms with Gasteiger partial charge in [0, 0.05) is 18.7 Å². The molecule has 1 heterocycles. The first-order chi connectivity index (χ1) is 11.5. The summed E-state index contributed by atoms with van der Waals surface area (Å²) in [5.74, 6) is -0.282. The highest BCUT2D eigenvalue weighted by Gasteiger charge is 2.15. The molecule has 1 N–H and O–H groups in total. The average Bonchev–Trinajstić information content (AvgIpc) is 3.07. The van der Waals surface area contributed by atoms with E-state index in [1.54, 1.807) is 29.5 Å². The zero-order chi connectivity index (χ0) is 17.5. The summed E-state index contributed by atoms with van der Waals surface area (Å²) in [6.07, 6.45) is 2.78. The number of nitrogens with one attached hydrogen (secondary N) is 1. The monoisotopic (exact) mass is 345 g/mol. The second-order valence-corrected chi connectivity index (χ2v) is 6.21. The van der Waals surface area contributed by atoms with E-state index >= 15 is 0 Å². The topological polar surface area (TPSA) is 75.5 Å². The molecule has 0 aliphatic carbocycles. The predicted molar refractivity (Wildman–Crippen MR) is 95.9 cm³/mol. The van der Waals surface area contributed by atoms with Gasteiger partial charge in [-0.2, -0.15) is 11.3 Å². The Morgan fingerprint density at radius 1 is 1.38 bits per heavy atom. The normalized spacial score (nSPS) is 12.5. The number of carbonyl (C=O) groups is 1. The third-order valence-corrected chi connectivity index (χ3v) is 4.27. The van der Waals surface area contributed by atoms with Crippen molar-refractivity contribution in [3.63, 3.8) is 0 Å². The fraction of sp³-hybridized carbons (Fsp3) is 0.235. The molecule has 6 nitrogen and oxygen atoms in total. The zero-order valence-electron chi connectivity index (χ0n) is 13.5. The number of likely N-dealkylation sites (N-methyl/N-ethyl adjacent to an activating group) is 1. The van der Waals surface area contributed by atoms with Crippen molar-refractivity contribution in [1.29, 1.82) is 0 Å². The van der Waals surface area contributed by atoms with E-state index in [1.807, 2.05) is 30.4 Å². The highest BCUT2D eigenvalue weighted by atomic mass is 32.1. The molecule has 0 saturated carbocycles. The van der Waals surface area contributed by atoms with Crippen LogP contribution in [0.3, 0.4) is 0 Å². The number of carbonyl (C=O) groups excluding carboxylic acids is 1. The lowest BCUT2D eigenvalue weighted by molar-refractivity contribution is -0.385. The Hall–Kier alpha value is -2.51. The molecule has 1 amide bonds. The zero-order valence-corrected chi connectivity index (χ0v) is 14.3. The van der Waals surface area contributed by atoms with E-state index in [4.69, 9.17) is 0 Å². The maximum Gasteiger partial charge on any atom is 0.276 e. The van der Waals surface area contributed by atoms with Gasteiger partial charge < -0.3 is 10.2 Å². The molecule has 1 aromatic heterocycles. The highest BCUT2D eigenvalue weighted by Crippen LogP contribution is 2.20. The average molecular weight is 345 g/mol. The summed E-state index contributed by atoms with van der Waals surface area (Å²) in [5, 5.41) is 17.9. The summed E-state index contributed by atoms with van der Waals surface area (Å²) in [5.41, 5.74) is 1.53. The largest absolute Gasteiger partial charge is 0.351 e. The molecular formula is C17H19N3O3S. The van der Waals surface area contributed by atoms with Gasteiger partial charge in [-0.1, -0.05) is 12.1 Å². The third-order valence-electron chi connectivity index (χ3n) is 3.57. The Morgan fingerprint density at radius 2 is 2.12 bits per heavy atom. The van der Waals surface area contributed by atoms with Gasteiger partial charge in [0.25, 0.3) is 5.69 Å². The maximum atomic E-state index is 12.0. The molecule has 0 fully saturated rings. The Kier molecular flexibility index (Phi) is 6.22. The van der Waals surface area contributed by atoms with Crippen LogP contribution in [0.4, 0.5) is 5.69 Å². The van der Waals surface area contributed by atoms with Gasteiger partial charge in [-0.3, -0.25) is 14.9 Å². The van der Waals surface area contributed by atoms with Crippen LogP contribution in [-0.4, -0.2) is 36.4 Å². The SMILES string of the molecule is CN(C)C(CNC(=O)/C=C/c1ccccc1[N+](=O)[O-])c1ccsc1. The molecule has 2 rings (SSSR count). The number of benzene rings is 1. The maximum absolute atomic E-state index is 12.0. The van der Waals surface area contributed by atoms with Gasteiger partial charge in [-0.15, -0.1) is 0 Å². The van der Waals surface area contributed by atoms with E-state index in [1.165, 1.54) is 18.2 Å². The van der Waals surface area contributed by atoms with Crippen LogP contribution >= 0.6 is 11.3 Å². The first-order valence-corrected chi connectivity index (χ1v) is 8.31. The van der Waals surface area contributed by atoms with Crippen LogP contribution in [0.1, 0.15) is 17.2 Å². The van der Waals surface area contributed by atoms with Gasteiger partial charge in [0.15, 0.2) is 0 Å². The van der Waals surface area contributed by atoms with Crippen molar-refractivity contribution < 1.29 is 9.72 Å². The Balaban J connectivity index is 1.99. The number of amides is 1. The third kappa shape index (κ3) is 4.74. The number of rotatable bonds is 7. The number of nitro benzene ring substituents is 1. The van der Waals surface area contributed by atoms with Crippen molar-refractivity contribution in [1.82, 2.24) is 10.2 Å². The molecule has 1 unspecified atom stereocenters. The van der Waals surface area contributed by atoms with Gasteiger partial charge in [0.05, 0.1) is 16.5 Å². The quantitative estimate of drug-likeness (QED) is 0.475. The number of thiophene rings is 1. The van der Waals surface area contributed by atoms with E-state index in [0.717, 1.165) is 5.56 Å². The summed E-state index contributed by atoms with van der Waals surface area (Å²) >= 11 is 1.61.